The summed E-state index contributed by atoms with van der Waals surface area (Å²) in [6, 6.07) is 2.03. The van der Waals surface area contributed by atoms with E-state index in [0.29, 0.717) is 6.42 Å². The van der Waals surface area contributed by atoms with Crippen molar-refractivity contribution in [3.05, 3.63) is 29.3 Å². The van der Waals surface area contributed by atoms with Gasteiger partial charge < -0.3 is 15.7 Å². The number of anilines is 1. The second kappa shape index (κ2) is 4.29. The van der Waals surface area contributed by atoms with Crippen molar-refractivity contribution < 1.29 is 18.7 Å². The first kappa shape index (κ1) is 11.8. The Labute approximate surface area is 96.6 Å². The molecule has 1 saturated heterocycles. The van der Waals surface area contributed by atoms with Crippen molar-refractivity contribution in [1.29, 1.82) is 0 Å². The number of aliphatic hydroxyl groups excluding tert-OH is 1. The van der Waals surface area contributed by atoms with Gasteiger partial charge in [0.15, 0.2) is 5.82 Å². The van der Waals surface area contributed by atoms with Crippen LogP contribution in [0.25, 0.3) is 0 Å². The van der Waals surface area contributed by atoms with E-state index >= 15 is 0 Å². The molecule has 1 aromatic carbocycles. The highest BCUT2D eigenvalue weighted by atomic mass is 19.1. The highest BCUT2D eigenvalue weighted by Gasteiger charge is 2.29. The van der Waals surface area contributed by atoms with E-state index in [1.165, 1.54) is 4.90 Å². The minimum absolute atomic E-state index is 0.0898. The highest BCUT2D eigenvalue weighted by Crippen LogP contribution is 2.22. The lowest BCUT2D eigenvalue weighted by atomic mass is 10.1. The van der Waals surface area contributed by atoms with E-state index < -0.39 is 29.2 Å². The highest BCUT2D eigenvalue weighted by molar-refractivity contribution is 5.95. The zero-order valence-electron chi connectivity index (χ0n) is 8.99. The normalized spacial score (nSPS) is 19.7. The number of carbonyl (C=O) groups is 1. The average Bonchev–Trinajstić information content (AvgIpc) is 2.71. The second-order valence-corrected chi connectivity index (χ2v) is 4.02. The second-order valence-electron chi connectivity index (χ2n) is 4.02. The number of amides is 1. The third kappa shape index (κ3) is 2.08. The number of aliphatic hydroxyl groups is 1. The van der Waals surface area contributed by atoms with Crippen molar-refractivity contribution >= 4 is 11.6 Å². The molecule has 92 valence electrons. The van der Waals surface area contributed by atoms with Crippen LogP contribution >= 0.6 is 0 Å². The molecular weight excluding hydrogens is 230 g/mol. The van der Waals surface area contributed by atoms with E-state index in [4.69, 9.17) is 5.73 Å². The van der Waals surface area contributed by atoms with E-state index in [-0.39, 0.29) is 18.8 Å². The van der Waals surface area contributed by atoms with Gasteiger partial charge >= 0.3 is 0 Å². The number of rotatable bonds is 1. The van der Waals surface area contributed by atoms with Crippen molar-refractivity contribution in [2.75, 3.05) is 18.8 Å². The van der Waals surface area contributed by atoms with Crippen LogP contribution in [0.1, 0.15) is 16.8 Å². The standard InChI is InChI=1S/C11H12F2N2O2/c12-7-1-2-8(14)10(13)9(7)11(17)15-4-3-6(16)5-15/h1-2,6,16H,3-5,14H2/t6-/m1/s1. The van der Waals surface area contributed by atoms with Crippen LogP contribution in [0.2, 0.25) is 0 Å². The van der Waals surface area contributed by atoms with Crippen LogP contribution < -0.4 is 5.73 Å². The topological polar surface area (TPSA) is 66.6 Å². The fourth-order valence-corrected chi connectivity index (χ4v) is 1.85. The Morgan fingerprint density at radius 1 is 1.47 bits per heavy atom. The molecule has 1 heterocycles. The molecule has 0 aliphatic carbocycles. The van der Waals surface area contributed by atoms with Crippen LogP contribution in [0.3, 0.4) is 0 Å². The third-order valence-electron chi connectivity index (χ3n) is 2.79. The fourth-order valence-electron chi connectivity index (χ4n) is 1.85. The van der Waals surface area contributed by atoms with Crippen LogP contribution in [0.4, 0.5) is 14.5 Å². The molecule has 0 unspecified atom stereocenters. The molecule has 6 heteroatoms. The van der Waals surface area contributed by atoms with E-state index in [0.717, 1.165) is 12.1 Å². The zero-order valence-corrected chi connectivity index (χ0v) is 8.99. The number of likely N-dealkylation sites (tertiary alicyclic amines) is 1. The van der Waals surface area contributed by atoms with Gasteiger partial charge in [0, 0.05) is 13.1 Å². The molecule has 3 N–H and O–H groups in total. The Kier molecular flexibility index (Phi) is 2.97. The van der Waals surface area contributed by atoms with Crippen molar-refractivity contribution in [3.63, 3.8) is 0 Å². The molecule has 17 heavy (non-hydrogen) atoms. The molecule has 0 aromatic heterocycles. The van der Waals surface area contributed by atoms with Crippen LogP contribution in [0.5, 0.6) is 0 Å². The Balaban J connectivity index is 2.34. The monoisotopic (exact) mass is 242 g/mol. The molecule has 0 spiro atoms. The molecule has 1 fully saturated rings. The van der Waals surface area contributed by atoms with Crippen molar-refractivity contribution in [3.8, 4) is 0 Å². The smallest absolute Gasteiger partial charge is 0.260 e. The van der Waals surface area contributed by atoms with Gasteiger partial charge in [-0.2, -0.15) is 0 Å². The van der Waals surface area contributed by atoms with Gasteiger partial charge in [0.25, 0.3) is 5.91 Å². The van der Waals surface area contributed by atoms with E-state index in [1.54, 1.807) is 0 Å². The predicted molar refractivity (Wildman–Crippen MR) is 57.3 cm³/mol. The van der Waals surface area contributed by atoms with Crippen molar-refractivity contribution in [1.82, 2.24) is 4.90 Å². The number of carbonyl (C=O) groups excluding carboxylic acids is 1. The minimum atomic E-state index is -1.05. The van der Waals surface area contributed by atoms with Crippen LogP contribution in [-0.4, -0.2) is 35.1 Å². The maximum Gasteiger partial charge on any atom is 0.260 e. The summed E-state index contributed by atoms with van der Waals surface area (Å²) in [5.74, 6) is -2.76. The molecule has 0 saturated carbocycles. The first-order chi connectivity index (χ1) is 8.00. The van der Waals surface area contributed by atoms with E-state index in [9.17, 15) is 18.7 Å². The number of nitrogens with zero attached hydrogens (tertiary/aromatic N) is 1. The fraction of sp³-hybridized carbons (Fsp3) is 0.364. The zero-order chi connectivity index (χ0) is 12.6. The summed E-state index contributed by atoms with van der Waals surface area (Å²) in [4.78, 5) is 13.1. The number of β-amino-alcohol motifs (C(OH)–C–C–N with tert-alkyl or cyclic N) is 1. The lowest BCUT2D eigenvalue weighted by molar-refractivity contribution is 0.0755. The van der Waals surface area contributed by atoms with Gasteiger partial charge in [-0.1, -0.05) is 0 Å². The number of nitrogen functional groups attached to an aromatic ring is 1. The van der Waals surface area contributed by atoms with Gasteiger partial charge in [-0.3, -0.25) is 4.79 Å². The summed E-state index contributed by atoms with van der Waals surface area (Å²) < 4.78 is 27.0. The molecule has 1 atom stereocenters. The van der Waals surface area contributed by atoms with Crippen molar-refractivity contribution in [2.45, 2.75) is 12.5 Å². The SMILES string of the molecule is Nc1ccc(F)c(C(=O)N2CC[C@@H](O)C2)c1F. The van der Waals surface area contributed by atoms with Crippen LogP contribution in [0, 0.1) is 11.6 Å². The quantitative estimate of drug-likeness (QED) is 0.714. The number of hydrogen-bond acceptors (Lipinski definition) is 3. The number of nitrogens with two attached hydrogens (primary N) is 1. The van der Waals surface area contributed by atoms with Crippen molar-refractivity contribution in [2.24, 2.45) is 0 Å². The summed E-state index contributed by atoms with van der Waals surface area (Å²) >= 11 is 0. The van der Waals surface area contributed by atoms with E-state index in [2.05, 4.69) is 0 Å². The average molecular weight is 242 g/mol. The molecule has 1 aliphatic rings. The third-order valence-corrected chi connectivity index (χ3v) is 2.79. The molecule has 1 amide bonds. The number of halogens is 2. The molecule has 1 aromatic rings. The molecule has 1 aliphatic heterocycles. The Morgan fingerprint density at radius 3 is 2.76 bits per heavy atom. The summed E-state index contributed by atoms with van der Waals surface area (Å²) in [6.45, 7) is 0.375. The summed E-state index contributed by atoms with van der Waals surface area (Å²) in [5.41, 5.74) is 4.37. The van der Waals surface area contributed by atoms with Gasteiger partial charge in [-0.05, 0) is 18.6 Å². The maximum absolute atomic E-state index is 13.6. The Bertz CT molecular complexity index is 465. The summed E-state index contributed by atoms with van der Waals surface area (Å²) in [6.07, 6.45) is -0.219. The maximum atomic E-state index is 13.6. The molecular formula is C11H12F2N2O2. The van der Waals surface area contributed by atoms with Gasteiger partial charge in [0.1, 0.15) is 11.4 Å². The molecule has 0 bridgehead atoms. The van der Waals surface area contributed by atoms with Gasteiger partial charge in [0.05, 0.1) is 11.8 Å². The summed E-state index contributed by atoms with van der Waals surface area (Å²) in [7, 11) is 0. The van der Waals surface area contributed by atoms with Crippen LogP contribution in [-0.2, 0) is 0 Å². The Morgan fingerprint density at radius 2 is 2.18 bits per heavy atom. The number of hydrogen-bond donors (Lipinski definition) is 2. The van der Waals surface area contributed by atoms with E-state index in [1.807, 2.05) is 0 Å². The lowest BCUT2D eigenvalue weighted by Crippen LogP contribution is -2.31. The van der Waals surface area contributed by atoms with Gasteiger partial charge in [-0.25, -0.2) is 8.78 Å². The van der Waals surface area contributed by atoms with Crippen LogP contribution in [0.15, 0.2) is 12.1 Å². The Hall–Kier alpha value is -1.69. The van der Waals surface area contributed by atoms with Gasteiger partial charge in [0.2, 0.25) is 0 Å². The molecule has 0 radical (unpaired) electrons. The first-order valence-corrected chi connectivity index (χ1v) is 5.21. The largest absolute Gasteiger partial charge is 0.396 e. The minimum Gasteiger partial charge on any atom is -0.396 e. The molecule has 2 rings (SSSR count). The molecule has 4 nitrogen and oxygen atoms in total. The lowest BCUT2D eigenvalue weighted by Gasteiger charge is -2.16. The predicted octanol–water partition coefficient (Wildman–Crippen LogP) is 0.754. The summed E-state index contributed by atoms with van der Waals surface area (Å²) in [5, 5.41) is 9.28. The first-order valence-electron chi connectivity index (χ1n) is 5.21. The number of benzene rings is 1. The van der Waals surface area contributed by atoms with Gasteiger partial charge in [-0.15, -0.1) is 0 Å².